The van der Waals surface area contributed by atoms with E-state index in [1.165, 1.54) is 4.90 Å². The van der Waals surface area contributed by atoms with Crippen LogP contribution in [0, 0.1) is 0 Å². The number of carboxylic acids is 1. The number of aromatic nitrogens is 2. The molecule has 0 N–H and O–H groups in total. The molecule has 4 rings (SSSR count). The van der Waals surface area contributed by atoms with Gasteiger partial charge in [-0.2, -0.15) is 0 Å². The molecule has 1 unspecified atom stereocenters. The van der Waals surface area contributed by atoms with Gasteiger partial charge in [0.1, 0.15) is 5.82 Å². The molecule has 3 aliphatic rings. The Morgan fingerprint density at radius 2 is 2.33 bits per heavy atom. The van der Waals surface area contributed by atoms with Gasteiger partial charge >= 0.3 is 29.6 Å². The molecule has 3 aliphatic heterocycles. The molecule has 0 radical (unpaired) electrons. The number of carboxylic acid groups (broad SMARTS) is 1. The SMILES string of the molecule is O=C([O-])C1=CCC2/C(=C\c3cn4c(n3)CSC4)C(=O)N12.[Na+]. The maximum Gasteiger partial charge on any atom is 1.00 e. The van der Waals surface area contributed by atoms with E-state index in [0.29, 0.717) is 12.0 Å². The summed E-state index contributed by atoms with van der Waals surface area (Å²) in [4.78, 5) is 28.7. The van der Waals surface area contributed by atoms with Gasteiger partial charge in [0.25, 0.3) is 5.91 Å². The summed E-state index contributed by atoms with van der Waals surface area (Å²) in [5.74, 6) is 1.25. The molecule has 4 heterocycles. The minimum atomic E-state index is -1.29. The van der Waals surface area contributed by atoms with Crippen molar-refractivity contribution in [3.05, 3.63) is 35.1 Å². The van der Waals surface area contributed by atoms with Crippen LogP contribution in [0.2, 0.25) is 0 Å². The second-order valence-electron chi connectivity index (χ2n) is 4.93. The van der Waals surface area contributed by atoms with Crippen molar-refractivity contribution in [2.45, 2.75) is 24.1 Å². The third-order valence-electron chi connectivity index (χ3n) is 3.78. The molecular formula is C13H10N3NaO3S. The Kier molecular flexibility index (Phi) is 3.77. The quantitative estimate of drug-likeness (QED) is 0.325. The van der Waals surface area contributed by atoms with Crippen LogP contribution in [0.15, 0.2) is 23.5 Å². The first kappa shape index (κ1) is 14.9. The van der Waals surface area contributed by atoms with E-state index in [0.717, 1.165) is 23.1 Å². The molecule has 0 aliphatic carbocycles. The molecule has 102 valence electrons. The molecule has 8 heteroatoms. The van der Waals surface area contributed by atoms with Crippen molar-refractivity contribution >= 4 is 29.7 Å². The molecule has 0 saturated carbocycles. The molecule has 0 spiro atoms. The van der Waals surface area contributed by atoms with Crippen LogP contribution in [-0.2, 0) is 21.2 Å². The summed E-state index contributed by atoms with van der Waals surface area (Å²) in [6.07, 6.45) is 5.78. The molecule has 21 heavy (non-hydrogen) atoms. The number of nitrogens with zero attached hydrogens (tertiary/aromatic N) is 3. The van der Waals surface area contributed by atoms with E-state index < -0.39 is 5.97 Å². The molecule has 1 aromatic rings. The number of hydrogen-bond donors (Lipinski definition) is 0. The van der Waals surface area contributed by atoms with Gasteiger partial charge in [-0.25, -0.2) is 4.98 Å². The first-order chi connectivity index (χ1) is 9.65. The Morgan fingerprint density at radius 3 is 3.05 bits per heavy atom. The van der Waals surface area contributed by atoms with Crippen molar-refractivity contribution in [2.24, 2.45) is 0 Å². The summed E-state index contributed by atoms with van der Waals surface area (Å²) in [5, 5.41) is 10.9. The third kappa shape index (κ3) is 2.19. The first-order valence-corrected chi connectivity index (χ1v) is 7.41. The van der Waals surface area contributed by atoms with Gasteiger partial charge in [-0.15, -0.1) is 11.8 Å². The van der Waals surface area contributed by atoms with E-state index >= 15 is 0 Å². The number of imidazole rings is 1. The molecule has 1 atom stereocenters. The van der Waals surface area contributed by atoms with E-state index in [1.54, 1.807) is 23.9 Å². The molecule has 1 aromatic heterocycles. The zero-order valence-electron chi connectivity index (χ0n) is 11.4. The number of thioether (sulfide) groups is 1. The summed E-state index contributed by atoms with van der Waals surface area (Å²) < 4.78 is 2.07. The number of carbonyl (C=O) groups excluding carboxylic acids is 2. The van der Waals surface area contributed by atoms with E-state index in [9.17, 15) is 14.7 Å². The zero-order valence-corrected chi connectivity index (χ0v) is 14.2. The number of hydrogen-bond acceptors (Lipinski definition) is 5. The van der Waals surface area contributed by atoms with Crippen molar-refractivity contribution in [1.82, 2.24) is 14.5 Å². The Balaban J connectivity index is 0.00000132. The van der Waals surface area contributed by atoms with Crippen LogP contribution < -0.4 is 34.7 Å². The first-order valence-electron chi connectivity index (χ1n) is 6.25. The molecule has 1 saturated heterocycles. The molecule has 0 bridgehead atoms. The number of rotatable bonds is 2. The van der Waals surface area contributed by atoms with Crippen LogP contribution in [0.4, 0.5) is 0 Å². The predicted molar refractivity (Wildman–Crippen MR) is 69.8 cm³/mol. The Hall–Kier alpha value is -1.02. The Morgan fingerprint density at radius 1 is 1.52 bits per heavy atom. The zero-order chi connectivity index (χ0) is 13.9. The topological polar surface area (TPSA) is 78.3 Å². The fourth-order valence-electron chi connectivity index (χ4n) is 2.83. The standard InChI is InChI=1S/C13H11N3O3S.Na/c17-12-8(9-1-2-10(13(18)19)16(9)12)3-7-4-15-6-20-5-11(15)14-7;/h2-4,9H,1,5-6H2,(H,18,19);/q;+1/p-1/b8-3+;. The number of amides is 1. The van der Waals surface area contributed by atoms with Crippen LogP contribution in [0.3, 0.4) is 0 Å². The van der Waals surface area contributed by atoms with Crippen LogP contribution in [0.1, 0.15) is 17.9 Å². The average Bonchev–Trinajstić information content (AvgIpc) is 3.07. The molecule has 1 fully saturated rings. The van der Waals surface area contributed by atoms with Gasteiger partial charge in [-0.3, -0.25) is 9.69 Å². The number of aliphatic carboxylic acids is 1. The van der Waals surface area contributed by atoms with Crippen molar-refractivity contribution in [1.29, 1.82) is 0 Å². The van der Waals surface area contributed by atoms with Crippen molar-refractivity contribution in [3.8, 4) is 0 Å². The van der Waals surface area contributed by atoms with Crippen LogP contribution in [0.5, 0.6) is 0 Å². The van der Waals surface area contributed by atoms with Gasteiger partial charge in [0.15, 0.2) is 0 Å². The van der Waals surface area contributed by atoms with Gasteiger partial charge in [0, 0.05) is 11.8 Å². The van der Waals surface area contributed by atoms with Gasteiger partial charge < -0.3 is 14.5 Å². The van der Waals surface area contributed by atoms with Crippen LogP contribution in [-0.4, -0.2) is 32.4 Å². The monoisotopic (exact) mass is 311 g/mol. The molecule has 6 nitrogen and oxygen atoms in total. The van der Waals surface area contributed by atoms with Gasteiger partial charge in [0.2, 0.25) is 0 Å². The van der Waals surface area contributed by atoms with E-state index in [4.69, 9.17) is 0 Å². The number of fused-ring (bicyclic) bond motifs is 2. The normalized spacial score (nSPS) is 24.3. The predicted octanol–water partition coefficient (Wildman–Crippen LogP) is -3.28. The molecular weight excluding hydrogens is 301 g/mol. The van der Waals surface area contributed by atoms with Gasteiger partial charge in [-0.1, -0.05) is 6.08 Å². The Bertz CT molecular complexity index is 688. The summed E-state index contributed by atoms with van der Waals surface area (Å²) in [6, 6.07) is -0.165. The second-order valence-corrected chi connectivity index (χ2v) is 5.89. The minimum absolute atomic E-state index is 0. The van der Waals surface area contributed by atoms with Gasteiger partial charge in [-0.05, 0) is 12.5 Å². The largest absolute Gasteiger partial charge is 1.00 e. The minimum Gasteiger partial charge on any atom is -0.543 e. The maximum absolute atomic E-state index is 12.0. The number of β-lactam (4-membered cyclic amide) rings is 1. The molecule has 0 aromatic carbocycles. The molecule has 1 amide bonds. The van der Waals surface area contributed by atoms with Crippen molar-refractivity contribution in [3.63, 3.8) is 0 Å². The maximum atomic E-state index is 12.0. The smallest absolute Gasteiger partial charge is 0.543 e. The van der Waals surface area contributed by atoms with Crippen LogP contribution >= 0.6 is 11.8 Å². The average molecular weight is 311 g/mol. The van der Waals surface area contributed by atoms with E-state index in [1.807, 2.05) is 6.20 Å². The number of carbonyl (C=O) groups is 2. The van der Waals surface area contributed by atoms with Crippen molar-refractivity contribution in [2.75, 3.05) is 0 Å². The summed E-state index contributed by atoms with van der Waals surface area (Å²) in [6.45, 7) is 0. The van der Waals surface area contributed by atoms with Gasteiger partial charge in [0.05, 0.1) is 35.0 Å². The summed E-state index contributed by atoms with van der Waals surface area (Å²) in [5.41, 5.74) is 1.38. The summed E-state index contributed by atoms with van der Waals surface area (Å²) in [7, 11) is 0. The fraction of sp³-hybridized carbons (Fsp3) is 0.308. The van der Waals surface area contributed by atoms with E-state index in [2.05, 4.69) is 9.55 Å². The fourth-order valence-corrected chi connectivity index (χ4v) is 3.76. The van der Waals surface area contributed by atoms with Crippen molar-refractivity contribution < 1.29 is 44.3 Å². The third-order valence-corrected chi connectivity index (χ3v) is 4.71. The van der Waals surface area contributed by atoms with Crippen LogP contribution in [0.25, 0.3) is 6.08 Å². The Labute approximate surface area is 147 Å². The summed E-state index contributed by atoms with van der Waals surface area (Å²) >= 11 is 1.80. The van der Waals surface area contributed by atoms with E-state index in [-0.39, 0.29) is 47.2 Å². The second kappa shape index (κ2) is 5.31.